The van der Waals surface area contributed by atoms with Gasteiger partial charge in [0.05, 0.1) is 15.5 Å². The van der Waals surface area contributed by atoms with Gasteiger partial charge >= 0.3 is 0 Å². The van der Waals surface area contributed by atoms with Crippen LogP contribution >= 0.6 is 27.5 Å². The molecule has 2 N–H and O–H groups in total. The molecule has 1 aliphatic carbocycles. The van der Waals surface area contributed by atoms with Crippen molar-refractivity contribution in [3.8, 4) is 0 Å². The quantitative estimate of drug-likeness (QED) is 0.656. The highest BCUT2D eigenvalue weighted by Crippen LogP contribution is 2.40. The number of benzene rings is 1. The number of nitrogens with one attached hydrogen (secondary N) is 1. The van der Waals surface area contributed by atoms with E-state index in [2.05, 4.69) is 21.2 Å². The molecule has 0 heterocycles. The first-order chi connectivity index (χ1) is 8.28. The van der Waals surface area contributed by atoms with Gasteiger partial charge in [-0.1, -0.05) is 27.5 Å². The van der Waals surface area contributed by atoms with Crippen LogP contribution in [-0.4, -0.2) is 21.7 Å². The van der Waals surface area contributed by atoms with E-state index in [4.69, 9.17) is 11.6 Å². The van der Waals surface area contributed by atoms with Gasteiger partial charge in [-0.25, -0.2) is 0 Å². The van der Waals surface area contributed by atoms with Crippen LogP contribution in [0.4, 0.5) is 11.4 Å². The van der Waals surface area contributed by atoms with Crippen molar-refractivity contribution in [1.82, 2.24) is 0 Å². The van der Waals surface area contributed by atoms with Crippen LogP contribution in [0, 0.1) is 10.1 Å². The Balaban J connectivity index is 2.24. The number of nitro benzene ring substituents is 1. The van der Waals surface area contributed by atoms with Crippen LogP contribution in [0.25, 0.3) is 0 Å². The maximum absolute atomic E-state index is 11.0. The van der Waals surface area contributed by atoms with Crippen LogP contribution in [0.15, 0.2) is 16.6 Å². The molecule has 18 heavy (non-hydrogen) atoms. The Bertz CT molecular complexity index is 499. The fourth-order valence-electron chi connectivity index (χ4n) is 2.15. The number of halogens is 2. The maximum atomic E-state index is 11.0. The average Bonchev–Trinajstić information content (AvgIpc) is 2.18. The zero-order valence-electron chi connectivity index (χ0n) is 9.61. The minimum absolute atomic E-state index is 0.0115. The average molecular weight is 336 g/mol. The van der Waals surface area contributed by atoms with E-state index in [1.54, 1.807) is 13.0 Å². The molecule has 0 unspecified atom stereocenters. The molecule has 2 rings (SSSR count). The molecule has 1 aromatic rings. The Kier molecular flexibility index (Phi) is 3.53. The van der Waals surface area contributed by atoms with Gasteiger partial charge in [0.2, 0.25) is 0 Å². The molecule has 1 aliphatic rings. The lowest BCUT2D eigenvalue weighted by Crippen LogP contribution is -2.48. The summed E-state index contributed by atoms with van der Waals surface area (Å²) in [7, 11) is 0. The molecule has 0 bridgehead atoms. The summed E-state index contributed by atoms with van der Waals surface area (Å²) >= 11 is 9.19. The molecule has 0 aromatic heterocycles. The van der Waals surface area contributed by atoms with E-state index >= 15 is 0 Å². The topological polar surface area (TPSA) is 75.4 Å². The van der Waals surface area contributed by atoms with E-state index in [1.807, 2.05) is 0 Å². The number of rotatable bonds is 3. The van der Waals surface area contributed by atoms with Crippen LogP contribution in [0.1, 0.15) is 19.8 Å². The molecule has 1 saturated carbocycles. The number of aliphatic hydroxyl groups is 1. The normalized spacial score (nSPS) is 26.6. The minimum Gasteiger partial charge on any atom is -0.390 e. The standard InChI is InChI=1S/C11H12BrClN2O3/c1-11(16)4-7(5-11)14-10-8(13)2-6(12)3-9(10)15(17)18/h2-3,7,14,16H,4-5H2,1H3. The molecule has 0 radical (unpaired) electrons. The third-order valence-corrected chi connectivity index (χ3v) is 3.71. The van der Waals surface area contributed by atoms with Crippen molar-refractivity contribution >= 4 is 38.9 Å². The molecule has 1 fully saturated rings. The zero-order valence-corrected chi connectivity index (χ0v) is 12.0. The van der Waals surface area contributed by atoms with Gasteiger partial charge < -0.3 is 10.4 Å². The van der Waals surface area contributed by atoms with E-state index in [-0.39, 0.29) is 11.7 Å². The lowest BCUT2D eigenvalue weighted by Gasteiger charge is -2.41. The van der Waals surface area contributed by atoms with Gasteiger partial charge in [0.15, 0.2) is 0 Å². The maximum Gasteiger partial charge on any atom is 0.294 e. The summed E-state index contributed by atoms with van der Waals surface area (Å²) in [5.41, 5.74) is -0.444. The van der Waals surface area contributed by atoms with Crippen LogP contribution < -0.4 is 5.32 Å². The van der Waals surface area contributed by atoms with Crippen molar-refractivity contribution < 1.29 is 10.0 Å². The summed E-state index contributed by atoms with van der Waals surface area (Å²) in [6.45, 7) is 1.74. The number of hydrogen-bond donors (Lipinski definition) is 2. The van der Waals surface area contributed by atoms with Gasteiger partial charge in [-0.3, -0.25) is 10.1 Å². The zero-order chi connectivity index (χ0) is 13.5. The van der Waals surface area contributed by atoms with E-state index in [1.165, 1.54) is 6.07 Å². The van der Waals surface area contributed by atoms with Crippen molar-refractivity contribution in [3.63, 3.8) is 0 Å². The van der Waals surface area contributed by atoms with Gasteiger partial charge in [-0.05, 0) is 25.8 Å². The Labute approximate surface area is 117 Å². The predicted octanol–water partition coefficient (Wildman–Crippen LogP) is 3.34. The second-order valence-corrected chi connectivity index (χ2v) is 6.11. The van der Waals surface area contributed by atoms with Crippen LogP contribution in [0.3, 0.4) is 0 Å². The lowest BCUT2D eigenvalue weighted by molar-refractivity contribution is -0.384. The largest absolute Gasteiger partial charge is 0.390 e. The number of nitro groups is 1. The van der Waals surface area contributed by atoms with E-state index in [0.29, 0.717) is 28.0 Å². The third kappa shape index (κ3) is 2.76. The molecule has 0 aliphatic heterocycles. The van der Waals surface area contributed by atoms with Gasteiger partial charge in [0.25, 0.3) is 5.69 Å². The molecule has 5 nitrogen and oxygen atoms in total. The first-order valence-corrected chi connectivity index (χ1v) is 6.58. The van der Waals surface area contributed by atoms with E-state index in [9.17, 15) is 15.2 Å². The minimum atomic E-state index is -0.686. The van der Waals surface area contributed by atoms with Gasteiger partial charge in [0, 0.05) is 16.6 Å². The van der Waals surface area contributed by atoms with Crippen molar-refractivity contribution in [1.29, 1.82) is 0 Å². The Morgan fingerprint density at radius 1 is 1.61 bits per heavy atom. The Hall–Kier alpha value is -0.850. The highest BCUT2D eigenvalue weighted by molar-refractivity contribution is 9.10. The summed E-state index contributed by atoms with van der Waals surface area (Å²) in [4.78, 5) is 10.5. The highest BCUT2D eigenvalue weighted by Gasteiger charge is 2.39. The second-order valence-electron chi connectivity index (χ2n) is 4.79. The van der Waals surface area contributed by atoms with E-state index in [0.717, 1.165) is 0 Å². The van der Waals surface area contributed by atoms with Crippen molar-refractivity contribution in [2.45, 2.75) is 31.4 Å². The molecule has 0 atom stereocenters. The third-order valence-electron chi connectivity index (χ3n) is 2.95. The van der Waals surface area contributed by atoms with Crippen molar-refractivity contribution in [2.24, 2.45) is 0 Å². The molecule has 0 amide bonds. The summed E-state index contributed by atoms with van der Waals surface area (Å²) in [6, 6.07) is 3.02. The van der Waals surface area contributed by atoms with Gasteiger partial charge in [0.1, 0.15) is 5.69 Å². The monoisotopic (exact) mass is 334 g/mol. The Morgan fingerprint density at radius 2 is 2.22 bits per heavy atom. The molecule has 0 saturated heterocycles. The summed E-state index contributed by atoms with van der Waals surface area (Å²) in [5.74, 6) is 0. The molecule has 7 heteroatoms. The summed E-state index contributed by atoms with van der Waals surface area (Å²) in [6.07, 6.45) is 1.10. The second kappa shape index (κ2) is 4.68. The van der Waals surface area contributed by atoms with Gasteiger partial charge in [-0.2, -0.15) is 0 Å². The fraction of sp³-hybridized carbons (Fsp3) is 0.455. The van der Waals surface area contributed by atoms with Crippen molar-refractivity contribution in [2.75, 3.05) is 5.32 Å². The Morgan fingerprint density at radius 3 is 2.72 bits per heavy atom. The predicted molar refractivity (Wildman–Crippen MR) is 73.1 cm³/mol. The van der Waals surface area contributed by atoms with E-state index < -0.39 is 10.5 Å². The molecular formula is C11H12BrClN2O3. The first kappa shape index (κ1) is 13.6. The smallest absolute Gasteiger partial charge is 0.294 e. The molecule has 0 spiro atoms. The van der Waals surface area contributed by atoms with Gasteiger partial charge in [-0.15, -0.1) is 0 Å². The molecule has 1 aromatic carbocycles. The number of anilines is 1. The van der Waals surface area contributed by atoms with Crippen molar-refractivity contribution in [3.05, 3.63) is 31.7 Å². The SMILES string of the molecule is CC1(O)CC(Nc2c(Cl)cc(Br)cc2[N+](=O)[O-])C1. The van der Waals surface area contributed by atoms with Crippen LogP contribution in [-0.2, 0) is 0 Å². The summed E-state index contributed by atoms with van der Waals surface area (Å²) < 4.78 is 0.561. The highest BCUT2D eigenvalue weighted by atomic mass is 79.9. The molecular weight excluding hydrogens is 323 g/mol. The first-order valence-electron chi connectivity index (χ1n) is 5.41. The summed E-state index contributed by atoms with van der Waals surface area (Å²) in [5, 5.41) is 23.9. The fourth-order valence-corrected chi connectivity index (χ4v) is 3.00. The van der Waals surface area contributed by atoms with Crippen LogP contribution in [0.2, 0.25) is 5.02 Å². The number of nitrogens with zero attached hydrogens (tertiary/aromatic N) is 1. The molecule has 98 valence electrons. The lowest BCUT2D eigenvalue weighted by atomic mass is 9.77. The number of hydrogen-bond acceptors (Lipinski definition) is 4. The van der Waals surface area contributed by atoms with Crippen LogP contribution in [0.5, 0.6) is 0 Å².